The smallest absolute Gasteiger partial charge is 0.235 e. The molecule has 15 rings (SSSR count). The molecule has 76 heavy (non-hydrogen) atoms. The summed E-state index contributed by atoms with van der Waals surface area (Å²) in [6.45, 7) is 0. The van der Waals surface area contributed by atoms with Gasteiger partial charge in [-0.3, -0.25) is 4.57 Å². The molecule has 0 unspecified atom stereocenters. The van der Waals surface area contributed by atoms with E-state index in [1.807, 2.05) is 42.6 Å². The van der Waals surface area contributed by atoms with Crippen LogP contribution in [0.15, 0.2) is 267 Å². The fourth-order valence-electron chi connectivity index (χ4n) is 11.5. The molecular weight excluding hydrogens is 929 g/mol. The Morgan fingerprint density at radius 2 is 0.829 bits per heavy atom. The maximum Gasteiger partial charge on any atom is 0.235 e. The number of para-hydroxylation sites is 5. The van der Waals surface area contributed by atoms with Gasteiger partial charge in [0.05, 0.1) is 50.5 Å². The van der Waals surface area contributed by atoms with Crippen molar-refractivity contribution in [1.82, 2.24) is 24.1 Å². The zero-order valence-corrected chi connectivity index (χ0v) is 41.0. The molecule has 0 fully saturated rings. The number of rotatable bonds is 8. The third-order valence-corrected chi connectivity index (χ3v) is 14.7. The number of hydrogen-bond acceptors (Lipinski definition) is 5. The Balaban J connectivity index is 1.02. The van der Waals surface area contributed by atoms with Gasteiger partial charge in [0.25, 0.3) is 0 Å². The first kappa shape index (κ1) is 43.2. The Morgan fingerprint density at radius 3 is 1.53 bits per heavy atom. The molecule has 7 nitrogen and oxygen atoms in total. The Kier molecular flexibility index (Phi) is 10.1. The number of hydrogen-bond donors (Lipinski definition) is 0. The standard InChI is InChI=1S/C69H44N6O/c1-5-21-45(22-6-1)54-33-20-34-55(71-54)48-27-19-30-51(43-48)74-57-35-15-13-31-52(57)65-63(46-23-7-2-8-24-46)64(47-25-9-3-10-26-47)66-53-32-14-16-36-58(53)75(68(66)67(65)74)69-70-42-41-56(72-69)49-39-40-60-62(44-49)76-61-38-18-17-37-59(61)73(60)50-28-11-4-12-29-50/h1-44H. The van der Waals surface area contributed by atoms with Crippen molar-refractivity contribution in [2.75, 3.05) is 4.90 Å². The number of pyridine rings is 1. The Morgan fingerprint density at radius 1 is 0.329 bits per heavy atom. The lowest BCUT2D eigenvalue weighted by Gasteiger charge is -2.33. The number of ether oxygens (including phenoxy) is 1. The maximum atomic E-state index is 6.71. The minimum atomic E-state index is 0.554. The van der Waals surface area contributed by atoms with E-state index in [2.05, 4.69) is 238 Å². The van der Waals surface area contributed by atoms with Crippen LogP contribution < -0.4 is 9.64 Å². The lowest BCUT2D eigenvalue weighted by molar-refractivity contribution is 0.477. The summed E-state index contributed by atoms with van der Waals surface area (Å²) in [6.07, 6.45) is 1.88. The van der Waals surface area contributed by atoms with Crippen LogP contribution in [0.3, 0.4) is 0 Å². The summed E-state index contributed by atoms with van der Waals surface area (Å²) < 4.78 is 11.5. The number of fused-ring (bicyclic) bond motifs is 9. The number of aromatic nitrogens is 5. The summed E-state index contributed by atoms with van der Waals surface area (Å²) in [5.74, 6) is 2.09. The molecule has 0 bridgehead atoms. The number of benzene rings is 10. The summed E-state index contributed by atoms with van der Waals surface area (Å²) >= 11 is 0. The molecular formula is C69H44N6O. The molecule has 7 heteroatoms. The molecule has 0 atom stereocenters. The highest BCUT2D eigenvalue weighted by atomic mass is 16.5. The van der Waals surface area contributed by atoms with Crippen LogP contribution in [0.2, 0.25) is 0 Å². The van der Waals surface area contributed by atoms with Crippen LogP contribution in [0.1, 0.15) is 0 Å². The molecule has 4 aromatic heterocycles. The molecule has 0 aliphatic carbocycles. The predicted molar refractivity (Wildman–Crippen MR) is 310 cm³/mol. The van der Waals surface area contributed by atoms with Gasteiger partial charge < -0.3 is 14.2 Å². The van der Waals surface area contributed by atoms with Crippen molar-refractivity contribution in [2.24, 2.45) is 0 Å². The molecule has 0 spiro atoms. The highest BCUT2D eigenvalue weighted by Crippen LogP contribution is 2.53. The van der Waals surface area contributed by atoms with Crippen LogP contribution in [0.5, 0.6) is 11.5 Å². The molecule has 0 amide bonds. The zero-order valence-electron chi connectivity index (χ0n) is 41.0. The summed E-state index contributed by atoms with van der Waals surface area (Å²) in [7, 11) is 0. The van der Waals surface area contributed by atoms with Gasteiger partial charge >= 0.3 is 0 Å². The van der Waals surface area contributed by atoms with E-state index in [4.69, 9.17) is 19.7 Å². The van der Waals surface area contributed by atoms with Crippen LogP contribution in [0, 0.1) is 0 Å². The van der Waals surface area contributed by atoms with Crippen molar-refractivity contribution in [3.05, 3.63) is 267 Å². The van der Waals surface area contributed by atoms with Crippen molar-refractivity contribution in [1.29, 1.82) is 0 Å². The molecule has 1 aliphatic heterocycles. The number of anilines is 3. The van der Waals surface area contributed by atoms with Crippen molar-refractivity contribution < 1.29 is 4.74 Å². The van der Waals surface area contributed by atoms with E-state index < -0.39 is 0 Å². The second kappa shape index (κ2) is 17.7. The van der Waals surface area contributed by atoms with Gasteiger partial charge in [0, 0.05) is 66.9 Å². The van der Waals surface area contributed by atoms with E-state index in [1.54, 1.807) is 0 Å². The molecule has 0 N–H and O–H groups in total. The van der Waals surface area contributed by atoms with Crippen molar-refractivity contribution in [2.45, 2.75) is 0 Å². The minimum Gasteiger partial charge on any atom is -0.453 e. The van der Waals surface area contributed by atoms with Crippen LogP contribution in [0.25, 0.3) is 111 Å². The molecule has 356 valence electrons. The van der Waals surface area contributed by atoms with E-state index in [0.717, 1.165) is 134 Å². The summed E-state index contributed by atoms with van der Waals surface area (Å²) in [5, 5.41) is 4.48. The van der Waals surface area contributed by atoms with Crippen molar-refractivity contribution in [3.8, 4) is 79.2 Å². The van der Waals surface area contributed by atoms with Crippen molar-refractivity contribution >= 4 is 60.7 Å². The average molecular weight is 973 g/mol. The Bertz CT molecular complexity index is 4550. The molecule has 0 saturated heterocycles. The highest BCUT2D eigenvalue weighted by molar-refractivity contribution is 6.33. The van der Waals surface area contributed by atoms with Gasteiger partial charge in [-0.2, -0.15) is 0 Å². The van der Waals surface area contributed by atoms with Crippen LogP contribution in [-0.2, 0) is 0 Å². The quantitative estimate of drug-likeness (QED) is 0.152. The lowest BCUT2D eigenvalue weighted by atomic mass is 9.87. The van der Waals surface area contributed by atoms with Crippen molar-refractivity contribution in [3.63, 3.8) is 0 Å². The van der Waals surface area contributed by atoms with Crippen LogP contribution in [-0.4, -0.2) is 24.1 Å². The normalized spacial score (nSPS) is 12.0. The topological polar surface area (TPSA) is 61.0 Å². The third kappa shape index (κ3) is 6.94. The molecule has 0 saturated carbocycles. The molecule has 5 heterocycles. The SMILES string of the molecule is c1ccc(-c2cccc(-c3cccc(-n4c5ccccc5c5c(-c6ccccc6)c(-c6ccccc6)c6c7ccccc7n(-c7nccc(-c8ccc9c(c8)Oc8ccccc8N9c8ccccc8)n7)c6c54)c3)n2)cc1. The Hall–Kier alpha value is -10.4. The van der Waals surface area contributed by atoms with Gasteiger partial charge in [0.2, 0.25) is 5.95 Å². The first-order valence-corrected chi connectivity index (χ1v) is 25.6. The van der Waals surface area contributed by atoms with Gasteiger partial charge in [0.1, 0.15) is 0 Å². The van der Waals surface area contributed by atoms with Crippen LogP contribution in [0.4, 0.5) is 17.1 Å². The van der Waals surface area contributed by atoms with E-state index in [-0.39, 0.29) is 0 Å². The predicted octanol–water partition coefficient (Wildman–Crippen LogP) is 18.0. The van der Waals surface area contributed by atoms with E-state index >= 15 is 0 Å². The summed E-state index contributed by atoms with van der Waals surface area (Å²) in [4.78, 5) is 18.3. The van der Waals surface area contributed by atoms with Gasteiger partial charge in [-0.15, -0.1) is 0 Å². The number of nitrogens with zero attached hydrogens (tertiary/aromatic N) is 6. The highest BCUT2D eigenvalue weighted by Gasteiger charge is 2.31. The molecule has 1 aliphatic rings. The fraction of sp³-hybridized carbons (Fsp3) is 0. The summed E-state index contributed by atoms with van der Waals surface area (Å²) in [5.41, 5.74) is 18.3. The third-order valence-electron chi connectivity index (χ3n) is 14.7. The Labute approximate surface area is 438 Å². The summed E-state index contributed by atoms with van der Waals surface area (Å²) in [6, 6.07) is 91.7. The van der Waals surface area contributed by atoms with Gasteiger partial charge in [-0.25, -0.2) is 15.0 Å². The zero-order chi connectivity index (χ0) is 50.1. The maximum absolute atomic E-state index is 6.71. The molecule has 14 aromatic rings. The van der Waals surface area contributed by atoms with E-state index in [1.165, 1.54) is 0 Å². The monoisotopic (exact) mass is 972 g/mol. The fourth-order valence-corrected chi connectivity index (χ4v) is 11.5. The first-order chi connectivity index (χ1) is 37.7. The second-order valence-electron chi connectivity index (χ2n) is 19.1. The molecule has 10 aromatic carbocycles. The van der Waals surface area contributed by atoms with Gasteiger partial charge in [-0.05, 0) is 90.0 Å². The average Bonchev–Trinajstić information content (AvgIpc) is 4.24. The van der Waals surface area contributed by atoms with E-state index in [0.29, 0.717) is 5.95 Å². The van der Waals surface area contributed by atoms with E-state index in [9.17, 15) is 0 Å². The lowest BCUT2D eigenvalue weighted by Crippen LogP contribution is -2.15. The minimum absolute atomic E-state index is 0.554. The largest absolute Gasteiger partial charge is 0.453 e. The van der Waals surface area contributed by atoms with Gasteiger partial charge in [0.15, 0.2) is 11.5 Å². The second-order valence-corrected chi connectivity index (χ2v) is 19.1. The molecule has 0 radical (unpaired) electrons. The van der Waals surface area contributed by atoms with Crippen LogP contribution >= 0.6 is 0 Å². The first-order valence-electron chi connectivity index (χ1n) is 25.6. The van der Waals surface area contributed by atoms with Gasteiger partial charge in [-0.1, -0.05) is 182 Å².